The van der Waals surface area contributed by atoms with E-state index in [1.54, 1.807) is 11.3 Å². The highest BCUT2D eigenvalue weighted by atomic mass is 32.2. The van der Waals surface area contributed by atoms with E-state index in [4.69, 9.17) is 5.11 Å². The van der Waals surface area contributed by atoms with E-state index in [1.807, 2.05) is 17.5 Å². The van der Waals surface area contributed by atoms with Crippen LogP contribution >= 0.6 is 11.3 Å². The zero-order valence-electron chi connectivity index (χ0n) is 11.9. The Morgan fingerprint density at radius 1 is 1.23 bits per heavy atom. The van der Waals surface area contributed by atoms with Crippen LogP contribution in [0.3, 0.4) is 0 Å². The summed E-state index contributed by atoms with van der Waals surface area (Å²) in [5.41, 5.74) is 0. The van der Waals surface area contributed by atoms with Crippen LogP contribution in [0.15, 0.2) is 46.7 Å². The summed E-state index contributed by atoms with van der Waals surface area (Å²) in [6, 6.07) is 8.83. The lowest BCUT2D eigenvalue weighted by molar-refractivity contribution is 0.273. The first-order valence-corrected chi connectivity index (χ1v) is 9.28. The molecule has 0 radical (unpaired) electrons. The SMILES string of the molecule is O=S(=O)(NCC[C@@H](CCO)c1cccs1)c1cccc(F)c1. The lowest BCUT2D eigenvalue weighted by Crippen LogP contribution is -2.26. The van der Waals surface area contributed by atoms with Crippen molar-refractivity contribution in [2.45, 2.75) is 23.7 Å². The van der Waals surface area contributed by atoms with Gasteiger partial charge in [0.05, 0.1) is 4.90 Å². The van der Waals surface area contributed by atoms with Crippen LogP contribution in [0.4, 0.5) is 4.39 Å². The second kappa shape index (κ2) is 7.82. The maximum Gasteiger partial charge on any atom is 0.240 e. The fourth-order valence-electron chi connectivity index (χ4n) is 2.19. The minimum absolute atomic E-state index is 0.0548. The molecule has 0 aliphatic carbocycles. The standard InChI is InChI=1S/C15H18FNO3S2/c16-13-3-1-4-14(11-13)22(19,20)17-8-6-12(7-9-18)15-5-2-10-21-15/h1-5,10-12,17-18H,6-9H2/t12-/m0/s1. The molecule has 22 heavy (non-hydrogen) atoms. The fourth-order valence-corrected chi connectivity index (χ4v) is 4.17. The first-order chi connectivity index (χ1) is 10.5. The fraction of sp³-hybridized carbons (Fsp3) is 0.333. The van der Waals surface area contributed by atoms with E-state index in [0.29, 0.717) is 12.8 Å². The molecule has 120 valence electrons. The van der Waals surface area contributed by atoms with Crippen LogP contribution in [0.1, 0.15) is 23.6 Å². The van der Waals surface area contributed by atoms with Gasteiger partial charge in [-0.25, -0.2) is 17.5 Å². The third-order valence-electron chi connectivity index (χ3n) is 3.31. The average Bonchev–Trinajstić information content (AvgIpc) is 3.00. The van der Waals surface area contributed by atoms with Crippen LogP contribution in [0.5, 0.6) is 0 Å². The minimum atomic E-state index is -3.71. The molecule has 0 aliphatic rings. The molecule has 2 aromatic rings. The molecule has 7 heteroatoms. The molecule has 4 nitrogen and oxygen atoms in total. The second-order valence-electron chi connectivity index (χ2n) is 4.87. The van der Waals surface area contributed by atoms with Gasteiger partial charge in [-0.05, 0) is 48.4 Å². The molecule has 0 bridgehead atoms. The molecule has 2 rings (SSSR count). The number of benzene rings is 1. The van der Waals surface area contributed by atoms with Crippen molar-refractivity contribution in [1.29, 1.82) is 0 Å². The van der Waals surface area contributed by atoms with Gasteiger partial charge in [-0.3, -0.25) is 0 Å². The van der Waals surface area contributed by atoms with Crippen molar-refractivity contribution in [3.8, 4) is 0 Å². The molecule has 2 N–H and O–H groups in total. The van der Waals surface area contributed by atoms with Crippen molar-refractivity contribution in [3.63, 3.8) is 0 Å². The Morgan fingerprint density at radius 3 is 2.68 bits per heavy atom. The van der Waals surface area contributed by atoms with Crippen LogP contribution in [0, 0.1) is 5.82 Å². The van der Waals surface area contributed by atoms with Crippen LogP contribution < -0.4 is 4.72 Å². The van der Waals surface area contributed by atoms with E-state index in [-0.39, 0.29) is 24.0 Å². The van der Waals surface area contributed by atoms with Crippen molar-refractivity contribution in [2.24, 2.45) is 0 Å². The number of aliphatic hydroxyl groups is 1. The molecule has 0 spiro atoms. The van der Waals surface area contributed by atoms with E-state index >= 15 is 0 Å². The summed E-state index contributed by atoms with van der Waals surface area (Å²) in [5.74, 6) is -0.472. The second-order valence-corrected chi connectivity index (χ2v) is 7.61. The van der Waals surface area contributed by atoms with Gasteiger partial charge in [-0.15, -0.1) is 11.3 Å². The summed E-state index contributed by atoms with van der Waals surface area (Å²) < 4.78 is 39.8. The van der Waals surface area contributed by atoms with E-state index in [1.165, 1.54) is 18.2 Å². The topological polar surface area (TPSA) is 66.4 Å². The number of rotatable bonds is 8. The van der Waals surface area contributed by atoms with Crippen molar-refractivity contribution < 1.29 is 17.9 Å². The van der Waals surface area contributed by atoms with Gasteiger partial charge < -0.3 is 5.11 Å². The summed E-state index contributed by atoms with van der Waals surface area (Å²) in [5, 5.41) is 11.1. The summed E-state index contributed by atoms with van der Waals surface area (Å²) in [7, 11) is -3.71. The monoisotopic (exact) mass is 343 g/mol. The van der Waals surface area contributed by atoms with Gasteiger partial charge in [-0.2, -0.15) is 0 Å². The van der Waals surface area contributed by atoms with E-state index in [0.717, 1.165) is 10.9 Å². The Labute approximate surface area is 133 Å². The van der Waals surface area contributed by atoms with E-state index < -0.39 is 15.8 Å². The number of halogens is 1. The number of hydrogen-bond acceptors (Lipinski definition) is 4. The maximum absolute atomic E-state index is 13.1. The van der Waals surface area contributed by atoms with Crippen LogP contribution in [-0.4, -0.2) is 26.7 Å². The zero-order chi connectivity index (χ0) is 16.0. The van der Waals surface area contributed by atoms with Crippen molar-refractivity contribution in [1.82, 2.24) is 4.72 Å². The van der Waals surface area contributed by atoms with E-state index in [9.17, 15) is 12.8 Å². The predicted octanol–water partition coefficient (Wildman–Crippen LogP) is 2.72. The highest BCUT2D eigenvalue weighted by molar-refractivity contribution is 7.89. The normalized spacial score (nSPS) is 13.2. The third-order valence-corrected chi connectivity index (χ3v) is 5.81. The molecule has 0 saturated heterocycles. The van der Waals surface area contributed by atoms with Gasteiger partial charge in [0.15, 0.2) is 0 Å². The summed E-state index contributed by atoms with van der Waals surface area (Å²) in [6.07, 6.45) is 1.16. The first-order valence-electron chi connectivity index (χ1n) is 6.92. The van der Waals surface area contributed by atoms with Crippen molar-refractivity contribution in [2.75, 3.05) is 13.2 Å². The Bertz CT molecular complexity index is 687. The van der Waals surface area contributed by atoms with Crippen molar-refractivity contribution >= 4 is 21.4 Å². The molecule has 1 aromatic heterocycles. The molecule has 1 heterocycles. The summed E-state index contributed by atoms with van der Waals surface area (Å²) >= 11 is 1.59. The summed E-state index contributed by atoms with van der Waals surface area (Å²) in [6.45, 7) is 0.292. The number of nitrogens with one attached hydrogen (secondary N) is 1. The number of sulfonamides is 1. The lowest BCUT2D eigenvalue weighted by atomic mass is 10.0. The lowest BCUT2D eigenvalue weighted by Gasteiger charge is -2.14. The van der Waals surface area contributed by atoms with Crippen LogP contribution in [0.25, 0.3) is 0 Å². The van der Waals surface area contributed by atoms with Gasteiger partial charge in [0.25, 0.3) is 0 Å². The molecule has 1 aromatic carbocycles. The van der Waals surface area contributed by atoms with Gasteiger partial charge in [-0.1, -0.05) is 12.1 Å². The predicted molar refractivity (Wildman–Crippen MR) is 85.0 cm³/mol. The highest BCUT2D eigenvalue weighted by Crippen LogP contribution is 2.27. The van der Waals surface area contributed by atoms with Crippen molar-refractivity contribution in [3.05, 3.63) is 52.5 Å². The quantitative estimate of drug-likeness (QED) is 0.774. The van der Waals surface area contributed by atoms with Gasteiger partial charge in [0, 0.05) is 18.0 Å². The van der Waals surface area contributed by atoms with Gasteiger partial charge in [0.2, 0.25) is 10.0 Å². The molecule has 1 atom stereocenters. The Balaban J connectivity index is 1.97. The number of thiophene rings is 1. The maximum atomic E-state index is 13.1. The molecule has 0 saturated carbocycles. The Kier molecular flexibility index (Phi) is 6.07. The number of hydrogen-bond donors (Lipinski definition) is 2. The minimum Gasteiger partial charge on any atom is -0.396 e. The molecule has 0 aliphatic heterocycles. The molecule has 0 amide bonds. The smallest absolute Gasteiger partial charge is 0.240 e. The average molecular weight is 343 g/mol. The molecular formula is C15H18FNO3S2. The van der Waals surface area contributed by atoms with E-state index in [2.05, 4.69) is 4.72 Å². The van der Waals surface area contributed by atoms with Crippen LogP contribution in [0.2, 0.25) is 0 Å². The third kappa shape index (κ3) is 4.61. The van der Waals surface area contributed by atoms with Gasteiger partial charge in [0.1, 0.15) is 5.82 Å². The molecule has 0 fully saturated rings. The molecule has 0 unspecified atom stereocenters. The van der Waals surface area contributed by atoms with Gasteiger partial charge >= 0.3 is 0 Å². The summed E-state index contributed by atoms with van der Waals surface area (Å²) in [4.78, 5) is 1.04. The molecular weight excluding hydrogens is 325 g/mol. The highest BCUT2D eigenvalue weighted by Gasteiger charge is 2.17. The largest absolute Gasteiger partial charge is 0.396 e. The zero-order valence-corrected chi connectivity index (χ0v) is 13.5. The number of aliphatic hydroxyl groups excluding tert-OH is 1. The van der Waals surface area contributed by atoms with Crippen LogP contribution in [-0.2, 0) is 10.0 Å². The Morgan fingerprint density at radius 2 is 2.05 bits per heavy atom. The Hall–Kier alpha value is -1.28. The first kappa shape index (κ1) is 17.1.